The number of hydrogen-bond donors (Lipinski definition) is 2. The van der Waals surface area contributed by atoms with Gasteiger partial charge >= 0.3 is 19.1 Å². The van der Waals surface area contributed by atoms with Crippen LogP contribution in [0.25, 0.3) is 43.9 Å². The van der Waals surface area contributed by atoms with Crippen LogP contribution in [-0.2, 0) is 48.4 Å². The Bertz CT molecular complexity index is 2820. The highest BCUT2D eigenvalue weighted by Gasteiger charge is 2.51. The molecule has 0 aliphatic carbocycles. The predicted octanol–water partition coefficient (Wildman–Crippen LogP) is 7.03. The molecular weight excluding hydrogens is 926 g/mol. The summed E-state index contributed by atoms with van der Waals surface area (Å²) >= 11 is 2.19. The molecule has 3 heterocycles. The lowest BCUT2D eigenvalue weighted by Gasteiger charge is -2.32. The van der Waals surface area contributed by atoms with E-state index in [0.29, 0.717) is 22.3 Å². The number of halogens is 1. The van der Waals surface area contributed by atoms with E-state index in [4.69, 9.17) is 27.6 Å². The third kappa shape index (κ3) is 9.10. The first-order valence-corrected chi connectivity index (χ1v) is 23.2. The molecule has 0 saturated carbocycles. The van der Waals surface area contributed by atoms with Gasteiger partial charge in [-0.15, -0.1) is 0 Å². The molecule has 0 amide bonds. The van der Waals surface area contributed by atoms with E-state index in [9.17, 15) is 26.4 Å². The largest absolute Gasteiger partial charge is 0.494 e. The van der Waals surface area contributed by atoms with Crippen LogP contribution in [0.4, 0.5) is 0 Å². The van der Waals surface area contributed by atoms with Gasteiger partial charge in [0.1, 0.15) is 34.4 Å². The van der Waals surface area contributed by atoms with Crippen LogP contribution in [0.3, 0.4) is 0 Å². The summed E-state index contributed by atoms with van der Waals surface area (Å²) in [7, 11) is -5.97. The fourth-order valence-electron chi connectivity index (χ4n) is 6.60. The maximum Gasteiger partial charge on any atom is 0.494 e. The second-order valence-corrected chi connectivity index (χ2v) is 20.9. The van der Waals surface area contributed by atoms with Crippen molar-refractivity contribution in [1.29, 1.82) is 0 Å². The van der Waals surface area contributed by atoms with Gasteiger partial charge in [0.2, 0.25) is 20.0 Å². The third-order valence-electron chi connectivity index (χ3n) is 10.8. The number of carbonyl (C=O) groups excluding carboxylic acids is 2. The van der Waals surface area contributed by atoms with E-state index in [0.717, 1.165) is 30.6 Å². The first-order valence-electron chi connectivity index (χ1n) is 19.1. The van der Waals surface area contributed by atoms with E-state index < -0.39 is 62.4 Å². The molecule has 14 nitrogen and oxygen atoms in total. The second-order valence-electron chi connectivity index (χ2n) is 16.2. The maximum absolute atomic E-state index is 13.0. The number of benzene rings is 4. The molecule has 0 unspecified atom stereocenters. The van der Waals surface area contributed by atoms with Gasteiger partial charge in [-0.1, -0.05) is 39.8 Å². The minimum atomic E-state index is -3.99. The summed E-state index contributed by atoms with van der Waals surface area (Å²) in [5.41, 5.74) is 2.08. The fraction of sp³-hybridized carbons (Fsp3) is 0.381. The van der Waals surface area contributed by atoms with Crippen molar-refractivity contribution in [2.45, 2.75) is 88.5 Å². The number of rotatable bonds is 11. The van der Waals surface area contributed by atoms with Crippen molar-refractivity contribution in [2.75, 3.05) is 14.2 Å². The molecule has 1 saturated heterocycles. The third-order valence-corrected chi connectivity index (χ3v) is 14.4. The summed E-state index contributed by atoms with van der Waals surface area (Å²) in [6, 6.07) is 18.9. The van der Waals surface area contributed by atoms with Gasteiger partial charge in [0.05, 0.1) is 35.2 Å². The molecule has 18 heteroatoms. The van der Waals surface area contributed by atoms with E-state index in [-0.39, 0.29) is 21.6 Å². The molecule has 320 valence electrons. The first kappa shape index (κ1) is 45.5. The van der Waals surface area contributed by atoms with Gasteiger partial charge in [0.15, 0.2) is 0 Å². The lowest BCUT2D eigenvalue weighted by Crippen LogP contribution is -2.44. The number of nitrogens with one attached hydrogen (secondary N) is 2. The van der Waals surface area contributed by atoms with Gasteiger partial charge in [-0.3, -0.25) is 9.59 Å². The number of hydrogen-bond acceptors (Lipinski definition) is 12. The first-order chi connectivity index (χ1) is 28.0. The highest BCUT2D eigenvalue weighted by Crippen LogP contribution is 2.37. The lowest BCUT2D eigenvalue weighted by atomic mass is 9.79. The zero-order chi connectivity index (χ0) is 44.1. The van der Waals surface area contributed by atoms with Crippen LogP contribution in [0.5, 0.6) is 0 Å². The van der Waals surface area contributed by atoms with Gasteiger partial charge in [0, 0.05) is 37.2 Å². The number of fused-ring (bicyclic) bond motifs is 6. The molecule has 2 aromatic heterocycles. The molecule has 2 N–H and O–H groups in total. The molecule has 1 fully saturated rings. The summed E-state index contributed by atoms with van der Waals surface area (Å²) in [5, 5.41) is 3.39. The Hall–Kier alpha value is -4.05. The number of carbonyl (C=O) groups is 2. The minimum Gasteiger partial charge on any atom is -0.468 e. The SMILES string of the molecule is COC(=O)[C@@H](NS(=O)(=O)c1ccc2c(c1)oc1cc(B3OC(C)(C)C(C)(C)O3)ccc12)C(C)C.COC(=O)[C@@H](NS(=O)(=O)c1ccc2c(c1)oc1cc(I)ccc12)C(C)C. The zero-order valence-corrected chi connectivity index (χ0v) is 38.7. The molecule has 4 aromatic carbocycles. The molecular formula is C42H48BIN2O12S2. The van der Waals surface area contributed by atoms with Crippen molar-refractivity contribution in [2.24, 2.45) is 11.8 Å². The standard InChI is InChI=1S/C24H30BNO7S.C18H18INO5S/c1-14(2)21(22(27)30-7)26-34(28,29)16-9-11-18-17-10-8-15(12-19(17)31-20(18)13-16)25-32-23(3,4)24(5,6)33-25;1-10(2)17(18(21)24-3)20-26(22,23)12-5-7-14-13-6-4-11(19)8-15(13)25-16(14)9-12/h8-14,21,26H,1-7H3;4-10,17,20H,1-3H3/t21-;17-/m00/s1. The number of ether oxygens (including phenoxy) is 2. The van der Waals surface area contributed by atoms with Crippen LogP contribution in [0.15, 0.2) is 91.4 Å². The number of esters is 2. The average molecular weight is 975 g/mol. The van der Waals surface area contributed by atoms with Crippen LogP contribution >= 0.6 is 22.6 Å². The molecule has 0 spiro atoms. The summed E-state index contributed by atoms with van der Waals surface area (Å²) < 4.78 is 90.8. The Labute approximate surface area is 363 Å². The Morgan fingerprint density at radius 1 is 0.600 bits per heavy atom. The van der Waals surface area contributed by atoms with E-state index in [2.05, 4.69) is 32.0 Å². The molecule has 1 aliphatic heterocycles. The summed E-state index contributed by atoms with van der Waals surface area (Å²) in [5.74, 6) is -1.80. The molecule has 0 radical (unpaired) electrons. The highest BCUT2D eigenvalue weighted by atomic mass is 127. The second kappa shape index (κ2) is 17.0. The van der Waals surface area contributed by atoms with Crippen LogP contribution < -0.4 is 14.9 Å². The van der Waals surface area contributed by atoms with E-state index in [1.54, 1.807) is 39.8 Å². The molecule has 6 aromatic rings. The number of sulfonamides is 2. The van der Waals surface area contributed by atoms with E-state index >= 15 is 0 Å². The van der Waals surface area contributed by atoms with Crippen LogP contribution in [0, 0.1) is 15.4 Å². The van der Waals surface area contributed by atoms with Gasteiger partial charge in [-0.25, -0.2) is 16.8 Å². The monoisotopic (exact) mass is 974 g/mol. The van der Waals surface area contributed by atoms with Gasteiger partial charge in [-0.05, 0) is 116 Å². The molecule has 0 bridgehead atoms. The van der Waals surface area contributed by atoms with E-state index in [1.807, 2.05) is 64.1 Å². The normalized spacial score (nSPS) is 16.4. The molecule has 1 aliphatic rings. The molecule has 7 rings (SSSR count). The molecule has 2 atom stereocenters. The lowest BCUT2D eigenvalue weighted by molar-refractivity contribution is -0.144. The quantitative estimate of drug-likeness (QED) is 0.0768. The maximum atomic E-state index is 13.0. The number of furan rings is 2. The van der Waals surface area contributed by atoms with Gasteiger partial charge in [0.25, 0.3) is 0 Å². The van der Waals surface area contributed by atoms with Gasteiger partial charge in [-0.2, -0.15) is 9.44 Å². The predicted molar refractivity (Wildman–Crippen MR) is 238 cm³/mol. The van der Waals surface area contributed by atoms with Crippen molar-refractivity contribution < 1.29 is 54.0 Å². The van der Waals surface area contributed by atoms with Crippen LogP contribution in [0.2, 0.25) is 0 Å². The van der Waals surface area contributed by atoms with Gasteiger partial charge < -0.3 is 27.6 Å². The van der Waals surface area contributed by atoms with Crippen molar-refractivity contribution in [3.05, 3.63) is 76.4 Å². The minimum absolute atomic E-state index is 0.000193. The summed E-state index contributed by atoms with van der Waals surface area (Å²) in [6.07, 6.45) is 0. The highest BCUT2D eigenvalue weighted by molar-refractivity contribution is 14.1. The van der Waals surface area contributed by atoms with Crippen LogP contribution in [-0.4, -0.2) is 73.4 Å². The Morgan fingerprint density at radius 2 is 0.967 bits per heavy atom. The zero-order valence-electron chi connectivity index (χ0n) is 34.9. The van der Waals surface area contributed by atoms with Crippen molar-refractivity contribution >= 4 is 111 Å². The summed E-state index contributed by atoms with van der Waals surface area (Å²) in [4.78, 5) is 23.9. The van der Waals surface area contributed by atoms with Crippen molar-refractivity contribution in [3.63, 3.8) is 0 Å². The molecule has 60 heavy (non-hydrogen) atoms. The van der Waals surface area contributed by atoms with Crippen LogP contribution in [0.1, 0.15) is 55.4 Å². The van der Waals surface area contributed by atoms with E-state index in [1.165, 1.54) is 38.5 Å². The van der Waals surface area contributed by atoms with Crippen molar-refractivity contribution in [1.82, 2.24) is 9.44 Å². The fourth-order valence-corrected chi connectivity index (χ4v) is 9.76. The summed E-state index contributed by atoms with van der Waals surface area (Å²) in [6.45, 7) is 14.9. The smallest absolute Gasteiger partial charge is 0.468 e. The Kier molecular flexibility index (Phi) is 12.9. The van der Waals surface area contributed by atoms with Crippen molar-refractivity contribution in [3.8, 4) is 0 Å². The Morgan fingerprint density at radius 3 is 1.37 bits per heavy atom. The Balaban J connectivity index is 0.000000209. The topological polar surface area (TPSA) is 190 Å². The number of methoxy groups -OCH3 is 2. The average Bonchev–Trinajstić information content (AvgIpc) is 3.81.